The van der Waals surface area contributed by atoms with Crippen molar-refractivity contribution in [2.75, 3.05) is 0 Å². The number of rotatable bonds is 3. The Kier molecular flexibility index (Phi) is 3.78. The summed E-state index contributed by atoms with van der Waals surface area (Å²) >= 11 is 6.43. The quantitative estimate of drug-likeness (QED) is 0.674. The van der Waals surface area contributed by atoms with Crippen LogP contribution >= 0.6 is 23.6 Å². The zero-order valence-electron chi connectivity index (χ0n) is 13.0. The normalized spacial score (nSPS) is 12.8. The molecule has 1 aromatic heterocycles. The first-order valence-electron chi connectivity index (χ1n) is 7.47. The molecule has 1 aliphatic rings. The number of fused-ring (bicyclic) bond motifs is 1. The number of aromatic nitrogens is 1. The Morgan fingerprint density at radius 3 is 2.54 bits per heavy atom. The van der Waals surface area contributed by atoms with Crippen LogP contribution in [0.1, 0.15) is 15.2 Å². The van der Waals surface area contributed by atoms with Crippen molar-refractivity contribution in [3.8, 4) is 11.6 Å². The summed E-state index contributed by atoms with van der Waals surface area (Å²) in [6, 6.07) is 12.8. The number of para-hydroxylation sites is 1. The van der Waals surface area contributed by atoms with E-state index in [1.807, 2.05) is 0 Å². The Bertz CT molecular complexity index is 1250. The third kappa shape index (κ3) is 2.47. The summed E-state index contributed by atoms with van der Waals surface area (Å²) in [7, 11) is 0. The van der Waals surface area contributed by atoms with E-state index in [-0.39, 0.29) is 11.4 Å². The van der Waals surface area contributed by atoms with Crippen molar-refractivity contribution in [2.45, 2.75) is 0 Å². The first-order valence-corrected chi connectivity index (χ1v) is 8.69. The Balaban J connectivity index is 1.92. The predicted molar refractivity (Wildman–Crippen MR) is 95.2 cm³/mol. The van der Waals surface area contributed by atoms with Crippen molar-refractivity contribution in [3.63, 3.8) is 0 Å². The molecule has 3 aromatic rings. The Morgan fingerprint density at radius 2 is 1.85 bits per heavy atom. The fourth-order valence-corrected chi connectivity index (χ4v) is 4.17. The molecule has 128 valence electrons. The van der Waals surface area contributed by atoms with Gasteiger partial charge in [0.05, 0.1) is 22.6 Å². The maximum Gasteiger partial charge on any atom is 0.279 e. The van der Waals surface area contributed by atoms with Crippen molar-refractivity contribution >= 4 is 41.0 Å². The van der Waals surface area contributed by atoms with E-state index in [1.54, 1.807) is 24.3 Å². The van der Waals surface area contributed by atoms with Gasteiger partial charge in [0.1, 0.15) is 4.88 Å². The summed E-state index contributed by atoms with van der Waals surface area (Å²) in [5.41, 5.74) is 0.805. The highest BCUT2D eigenvalue weighted by atomic mass is 32.1. The Labute approximate surface area is 155 Å². The maximum absolute atomic E-state index is 12.3. The number of hydrogen-bond donors (Lipinski definition) is 1. The summed E-state index contributed by atoms with van der Waals surface area (Å²) < 4.78 is 1.71. The Hall–Kier alpha value is -3.10. The summed E-state index contributed by atoms with van der Waals surface area (Å²) in [6.45, 7) is 0. The molecule has 0 saturated carbocycles. The number of hydrogen-bond acceptors (Lipinski definition) is 6. The molecule has 0 aliphatic carbocycles. The highest BCUT2D eigenvalue weighted by Gasteiger charge is 2.25. The SMILES string of the molecule is O=C1N=c2ccccc2=C1c1sc(=S)n(-c2ccc(C(=O)[O-])cc2)c1O. The van der Waals surface area contributed by atoms with Gasteiger partial charge >= 0.3 is 0 Å². The van der Waals surface area contributed by atoms with Crippen LogP contribution in [0.4, 0.5) is 0 Å². The monoisotopic (exact) mass is 381 g/mol. The largest absolute Gasteiger partial charge is 0.545 e. The van der Waals surface area contributed by atoms with Gasteiger partial charge in [-0.3, -0.25) is 9.36 Å². The molecule has 0 atom stereocenters. The second-order valence-electron chi connectivity index (χ2n) is 5.50. The third-order valence-corrected chi connectivity index (χ3v) is 5.36. The van der Waals surface area contributed by atoms with E-state index in [2.05, 4.69) is 4.99 Å². The maximum atomic E-state index is 12.3. The molecule has 2 aromatic carbocycles. The van der Waals surface area contributed by atoms with E-state index in [1.165, 1.54) is 28.8 Å². The van der Waals surface area contributed by atoms with Gasteiger partial charge < -0.3 is 15.0 Å². The van der Waals surface area contributed by atoms with Gasteiger partial charge in [-0.05, 0) is 36.0 Å². The van der Waals surface area contributed by atoms with Crippen LogP contribution in [0.5, 0.6) is 5.88 Å². The highest BCUT2D eigenvalue weighted by molar-refractivity contribution is 7.73. The molecule has 0 spiro atoms. The minimum absolute atomic E-state index is 0.0169. The van der Waals surface area contributed by atoms with E-state index < -0.39 is 11.9 Å². The van der Waals surface area contributed by atoms with E-state index in [0.717, 1.165) is 11.3 Å². The molecule has 0 fully saturated rings. The van der Waals surface area contributed by atoms with Gasteiger partial charge in [0.25, 0.3) is 5.91 Å². The molecule has 0 saturated heterocycles. The number of amides is 1. The summed E-state index contributed by atoms with van der Waals surface area (Å²) in [6.07, 6.45) is 0. The first kappa shape index (κ1) is 16.4. The van der Waals surface area contributed by atoms with Gasteiger partial charge in [-0.2, -0.15) is 0 Å². The molecule has 8 heteroatoms. The van der Waals surface area contributed by atoms with Crippen molar-refractivity contribution in [1.29, 1.82) is 0 Å². The number of carbonyl (C=O) groups is 2. The van der Waals surface area contributed by atoms with Crippen LogP contribution in [0, 0.1) is 3.95 Å². The summed E-state index contributed by atoms with van der Waals surface area (Å²) in [5, 5.41) is 22.8. The van der Waals surface area contributed by atoms with Crippen LogP contribution in [-0.4, -0.2) is 21.6 Å². The lowest BCUT2D eigenvalue weighted by Crippen LogP contribution is -2.22. The molecule has 1 aliphatic heterocycles. The van der Waals surface area contributed by atoms with Crippen molar-refractivity contribution in [3.05, 3.63) is 73.5 Å². The van der Waals surface area contributed by atoms with E-state index in [9.17, 15) is 19.8 Å². The average Bonchev–Trinajstić information content (AvgIpc) is 3.10. The van der Waals surface area contributed by atoms with Crippen LogP contribution in [0.2, 0.25) is 0 Å². The molecule has 2 heterocycles. The van der Waals surface area contributed by atoms with Crippen molar-refractivity contribution < 1.29 is 19.8 Å². The predicted octanol–water partition coefficient (Wildman–Crippen LogP) is 0.696. The minimum Gasteiger partial charge on any atom is -0.545 e. The number of nitrogens with zero attached hydrogens (tertiary/aromatic N) is 2. The van der Waals surface area contributed by atoms with Gasteiger partial charge in [-0.1, -0.05) is 30.3 Å². The third-order valence-electron chi connectivity index (χ3n) is 3.98. The molecule has 4 rings (SSSR count). The van der Waals surface area contributed by atoms with Crippen LogP contribution in [-0.2, 0) is 4.79 Å². The Morgan fingerprint density at radius 1 is 1.15 bits per heavy atom. The molecule has 26 heavy (non-hydrogen) atoms. The van der Waals surface area contributed by atoms with Crippen LogP contribution < -0.4 is 15.7 Å². The number of aromatic hydroxyl groups is 1. The fourth-order valence-electron chi connectivity index (χ4n) is 2.79. The summed E-state index contributed by atoms with van der Waals surface area (Å²) in [4.78, 5) is 27.5. The van der Waals surface area contributed by atoms with E-state index in [4.69, 9.17) is 12.2 Å². The lowest BCUT2D eigenvalue weighted by Gasteiger charge is -2.07. The highest BCUT2D eigenvalue weighted by Crippen LogP contribution is 2.34. The molecular weight excluding hydrogens is 372 g/mol. The first-order chi connectivity index (χ1) is 12.5. The van der Waals surface area contributed by atoms with Crippen LogP contribution in [0.3, 0.4) is 0 Å². The van der Waals surface area contributed by atoms with Gasteiger partial charge in [-0.15, -0.1) is 11.3 Å². The zero-order chi connectivity index (χ0) is 18.4. The van der Waals surface area contributed by atoms with E-state index in [0.29, 0.717) is 30.7 Å². The lowest BCUT2D eigenvalue weighted by molar-refractivity contribution is -0.255. The van der Waals surface area contributed by atoms with E-state index >= 15 is 0 Å². The van der Waals surface area contributed by atoms with Gasteiger partial charge in [0.2, 0.25) is 5.88 Å². The zero-order valence-corrected chi connectivity index (χ0v) is 14.6. The number of benzene rings is 2. The number of aromatic carboxylic acids is 1. The topological polar surface area (TPSA) is 94.7 Å². The van der Waals surface area contributed by atoms with Crippen LogP contribution in [0.25, 0.3) is 11.3 Å². The number of thiazole rings is 1. The molecular formula is C18H9N2O4S2-. The summed E-state index contributed by atoms with van der Waals surface area (Å²) in [5.74, 6) is -1.91. The average molecular weight is 381 g/mol. The number of carbonyl (C=O) groups excluding carboxylic acids is 2. The van der Waals surface area contributed by atoms with Gasteiger partial charge in [-0.25, -0.2) is 4.99 Å². The van der Waals surface area contributed by atoms with Crippen LogP contribution in [0.15, 0.2) is 53.5 Å². The smallest absolute Gasteiger partial charge is 0.279 e. The molecule has 1 amide bonds. The minimum atomic E-state index is -1.29. The molecule has 0 unspecified atom stereocenters. The second kappa shape index (κ2) is 6.01. The lowest BCUT2D eigenvalue weighted by atomic mass is 10.1. The van der Waals surface area contributed by atoms with Gasteiger partial charge in [0.15, 0.2) is 3.95 Å². The second-order valence-corrected chi connectivity index (χ2v) is 7.14. The molecule has 0 radical (unpaired) electrons. The number of carboxylic acids is 1. The van der Waals surface area contributed by atoms with Crippen molar-refractivity contribution in [1.82, 2.24) is 4.57 Å². The van der Waals surface area contributed by atoms with Crippen molar-refractivity contribution in [2.24, 2.45) is 4.99 Å². The van der Waals surface area contributed by atoms with Gasteiger partial charge in [0, 0.05) is 5.22 Å². The number of carboxylic acid groups (broad SMARTS) is 1. The molecule has 0 bridgehead atoms. The molecule has 6 nitrogen and oxygen atoms in total. The molecule has 1 N–H and O–H groups in total. The fraction of sp³-hybridized carbons (Fsp3) is 0. The standard InChI is InChI=1S/C18H10N2O4S2/c21-15-13(11-3-1-2-4-12(11)19-15)14-16(22)20(18(25)26-14)10-7-5-9(6-8-10)17(23)24/h1-8,22H,(H,23,24)/p-1.